The maximum Gasteiger partial charge on any atom is 0.184 e. The first-order valence-electron chi connectivity index (χ1n) is 5.47. The molecule has 1 rings (SSSR count). The monoisotopic (exact) mass is 219 g/mol. The molecule has 0 bridgehead atoms. The number of Topliss-reactive ketones (excluding diaryl/α,β-unsaturated/α-hetero) is 1. The maximum absolute atomic E-state index is 11.8. The van der Waals surface area contributed by atoms with E-state index < -0.39 is 0 Å². The molecule has 0 heterocycles. The summed E-state index contributed by atoms with van der Waals surface area (Å²) < 4.78 is 0. The fourth-order valence-corrected chi connectivity index (χ4v) is 1.57. The van der Waals surface area contributed by atoms with Crippen LogP contribution >= 0.6 is 0 Å². The van der Waals surface area contributed by atoms with Gasteiger partial charge in [0.2, 0.25) is 0 Å². The van der Waals surface area contributed by atoms with Gasteiger partial charge in [-0.3, -0.25) is 4.79 Å². The highest BCUT2D eigenvalue weighted by Gasteiger charge is 2.15. The van der Waals surface area contributed by atoms with E-state index in [1.807, 2.05) is 31.2 Å². The maximum atomic E-state index is 11.8. The first kappa shape index (κ1) is 12.4. The molecular weight excluding hydrogens is 202 g/mol. The zero-order valence-electron chi connectivity index (χ0n) is 9.99. The molecule has 1 aromatic carbocycles. The Morgan fingerprint density at radius 2 is 2.00 bits per heavy atom. The van der Waals surface area contributed by atoms with Crippen LogP contribution in [0.1, 0.15) is 31.4 Å². The molecule has 16 heavy (non-hydrogen) atoms. The fraction of sp³-hybridized carbons (Fsp3) is 0.385. The molecule has 0 spiro atoms. The van der Waals surface area contributed by atoms with E-state index in [0.29, 0.717) is 12.1 Å². The van der Waals surface area contributed by atoms with E-state index >= 15 is 0 Å². The van der Waals surface area contributed by atoms with E-state index in [9.17, 15) is 4.79 Å². The number of aryl methyl sites for hydroxylation is 1. The number of rotatable bonds is 5. The van der Waals surface area contributed by atoms with E-state index in [4.69, 9.17) is 4.84 Å². The van der Waals surface area contributed by atoms with Gasteiger partial charge in [-0.15, -0.1) is 0 Å². The molecule has 0 atom stereocenters. The van der Waals surface area contributed by atoms with Crippen LogP contribution in [0.2, 0.25) is 0 Å². The third-order valence-corrected chi connectivity index (χ3v) is 2.42. The Balaban J connectivity index is 3.21. The molecule has 3 nitrogen and oxygen atoms in total. The van der Waals surface area contributed by atoms with Crippen molar-refractivity contribution in [1.29, 1.82) is 0 Å². The van der Waals surface area contributed by atoms with Crippen LogP contribution in [-0.2, 0) is 16.1 Å². The third-order valence-electron chi connectivity index (χ3n) is 2.42. The van der Waals surface area contributed by atoms with Gasteiger partial charge in [0.15, 0.2) is 11.5 Å². The number of hydrogen-bond donors (Lipinski definition) is 0. The minimum atomic E-state index is 0.00255. The van der Waals surface area contributed by atoms with Crippen LogP contribution in [0.3, 0.4) is 0 Å². The second-order valence-corrected chi connectivity index (χ2v) is 3.41. The van der Waals surface area contributed by atoms with Crippen molar-refractivity contribution in [3.63, 3.8) is 0 Å². The summed E-state index contributed by atoms with van der Waals surface area (Å²) in [6.07, 6.45) is 1.30. The normalized spacial score (nSPS) is 11.3. The zero-order valence-corrected chi connectivity index (χ0v) is 9.99. The highest BCUT2D eigenvalue weighted by atomic mass is 16.6. The van der Waals surface area contributed by atoms with Gasteiger partial charge in [-0.1, -0.05) is 43.3 Å². The number of nitrogens with zero attached hydrogens (tertiary/aromatic N) is 1. The average Bonchev–Trinajstić information content (AvgIpc) is 2.35. The summed E-state index contributed by atoms with van der Waals surface area (Å²) in [6.45, 7) is 3.88. The number of carbonyl (C=O) groups is 1. The van der Waals surface area contributed by atoms with E-state index in [-0.39, 0.29) is 5.78 Å². The second-order valence-electron chi connectivity index (χ2n) is 3.41. The predicted octanol–water partition coefficient (Wildman–Crippen LogP) is 2.58. The molecule has 3 heteroatoms. The Morgan fingerprint density at radius 3 is 2.56 bits per heavy atom. The van der Waals surface area contributed by atoms with Crippen molar-refractivity contribution >= 4 is 11.5 Å². The van der Waals surface area contributed by atoms with Gasteiger partial charge in [-0.05, 0) is 12.0 Å². The summed E-state index contributed by atoms with van der Waals surface area (Å²) in [5.41, 5.74) is 2.40. The molecular formula is C13H17NO2. The SMILES string of the molecule is CCC(=O)C(=NOC)c1ccccc1CC. The van der Waals surface area contributed by atoms with Gasteiger partial charge in [0.1, 0.15) is 7.11 Å². The summed E-state index contributed by atoms with van der Waals surface area (Å²) in [4.78, 5) is 16.5. The molecule has 0 saturated carbocycles. The highest BCUT2D eigenvalue weighted by Crippen LogP contribution is 2.12. The van der Waals surface area contributed by atoms with Gasteiger partial charge < -0.3 is 4.84 Å². The number of benzene rings is 1. The lowest BCUT2D eigenvalue weighted by atomic mass is 9.98. The van der Waals surface area contributed by atoms with Gasteiger partial charge in [0.05, 0.1) is 0 Å². The van der Waals surface area contributed by atoms with E-state index in [1.165, 1.54) is 7.11 Å². The molecule has 0 N–H and O–H groups in total. The van der Waals surface area contributed by atoms with Crippen molar-refractivity contribution in [3.8, 4) is 0 Å². The molecule has 0 aliphatic carbocycles. The van der Waals surface area contributed by atoms with Crippen molar-refractivity contribution in [1.82, 2.24) is 0 Å². The molecule has 86 valence electrons. The Bertz CT molecular complexity index is 397. The Labute approximate surface area is 96.1 Å². The van der Waals surface area contributed by atoms with Crippen molar-refractivity contribution < 1.29 is 9.63 Å². The topological polar surface area (TPSA) is 38.7 Å². The molecule has 0 amide bonds. The van der Waals surface area contributed by atoms with E-state index in [2.05, 4.69) is 12.1 Å². The Hall–Kier alpha value is -1.64. The van der Waals surface area contributed by atoms with Crippen LogP contribution in [-0.4, -0.2) is 18.6 Å². The Morgan fingerprint density at radius 1 is 1.31 bits per heavy atom. The van der Waals surface area contributed by atoms with Crippen LogP contribution in [0.5, 0.6) is 0 Å². The summed E-state index contributed by atoms with van der Waals surface area (Å²) >= 11 is 0. The molecule has 0 unspecified atom stereocenters. The van der Waals surface area contributed by atoms with Crippen LogP contribution in [0.15, 0.2) is 29.4 Å². The summed E-state index contributed by atoms with van der Waals surface area (Å²) in [6, 6.07) is 7.78. The smallest absolute Gasteiger partial charge is 0.184 e. The number of carbonyl (C=O) groups excluding carboxylic acids is 1. The molecule has 0 aliphatic rings. The minimum Gasteiger partial charge on any atom is -0.399 e. The van der Waals surface area contributed by atoms with Gasteiger partial charge in [0.25, 0.3) is 0 Å². The standard InChI is InChI=1S/C13H17NO2/c1-4-10-8-6-7-9-11(10)13(14-16-3)12(15)5-2/h6-9H,4-5H2,1-3H3. The number of hydrogen-bond acceptors (Lipinski definition) is 3. The second kappa shape index (κ2) is 6.05. The lowest BCUT2D eigenvalue weighted by molar-refractivity contribution is -0.112. The molecule has 0 aliphatic heterocycles. The van der Waals surface area contributed by atoms with Crippen LogP contribution in [0, 0.1) is 0 Å². The summed E-state index contributed by atoms with van der Waals surface area (Å²) in [5, 5.41) is 3.84. The van der Waals surface area contributed by atoms with Gasteiger partial charge in [-0.25, -0.2) is 0 Å². The van der Waals surface area contributed by atoms with E-state index in [0.717, 1.165) is 17.5 Å². The largest absolute Gasteiger partial charge is 0.399 e. The fourth-order valence-electron chi connectivity index (χ4n) is 1.57. The van der Waals surface area contributed by atoms with Gasteiger partial charge in [0, 0.05) is 12.0 Å². The Kier molecular flexibility index (Phi) is 4.70. The van der Waals surface area contributed by atoms with Gasteiger partial charge >= 0.3 is 0 Å². The number of ketones is 1. The summed E-state index contributed by atoms with van der Waals surface area (Å²) in [7, 11) is 1.46. The first-order chi connectivity index (χ1) is 7.74. The zero-order chi connectivity index (χ0) is 12.0. The van der Waals surface area contributed by atoms with Crippen LogP contribution < -0.4 is 0 Å². The van der Waals surface area contributed by atoms with Crippen molar-refractivity contribution in [2.75, 3.05) is 7.11 Å². The van der Waals surface area contributed by atoms with Crippen molar-refractivity contribution in [2.45, 2.75) is 26.7 Å². The summed E-state index contributed by atoms with van der Waals surface area (Å²) in [5.74, 6) is 0.00255. The molecule has 1 aromatic rings. The number of oxime groups is 1. The van der Waals surface area contributed by atoms with Crippen molar-refractivity contribution in [3.05, 3.63) is 35.4 Å². The van der Waals surface area contributed by atoms with Crippen LogP contribution in [0.4, 0.5) is 0 Å². The van der Waals surface area contributed by atoms with E-state index in [1.54, 1.807) is 0 Å². The minimum absolute atomic E-state index is 0.00255. The predicted molar refractivity (Wildman–Crippen MR) is 64.7 cm³/mol. The quantitative estimate of drug-likeness (QED) is 0.564. The lowest BCUT2D eigenvalue weighted by Crippen LogP contribution is -2.16. The highest BCUT2D eigenvalue weighted by molar-refractivity contribution is 6.46. The molecule has 0 fully saturated rings. The third kappa shape index (κ3) is 2.69. The van der Waals surface area contributed by atoms with Crippen LogP contribution in [0.25, 0.3) is 0 Å². The lowest BCUT2D eigenvalue weighted by Gasteiger charge is -2.08. The van der Waals surface area contributed by atoms with Gasteiger partial charge in [-0.2, -0.15) is 0 Å². The average molecular weight is 219 g/mol. The molecule has 0 saturated heterocycles. The molecule has 0 radical (unpaired) electrons. The van der Waals surface area contributed by atoms with Crippen molar-refractivity contribution in [2.24, 2.45) is 5.16 Å². The first-order valence-corrected chi connectivity index (χ1v) is 5.47. The molecule has 0 aromatic heterocycles.